The molecule has 0 radical (unpaired) electrons. The molecule has 0 fully saturated rings. The van der Waals surface area contributed by atoms with E-state index in [9.17, 15) is 4.79 Å². The van der Waals surface area contributed by atoms with Crippen LogP contribution in [-0.2, 0) is 0 Å². The minimum atomic E-state index is -0.380. The number of fused-ring (bicyclic) bond motifs is 1. The Morgan fingerprint density at radius 3 is 2.87 bits per heavy atom. The van der Waals surface area contributed by atoms with Crippen molar-refractivity contribution >= 4 is 22.6 Å². The quantitative estimate of drug-likeness (QED) is 0.367. The second-order valence-electron chi connectivity index (χ2n) is 3.05. The lowest BCUT2D eigenvalue weighted by Gasteiger charge is -2.03. The summed E-state index contributed by atoms with van der Waals surface area (Å²) in [6, 6.07) is 8.10. The zero-order valence-electron chi connectivity index (χ0n) is 7.78. The van der Waals surface area contributed by atoms with Gasteiger partial charge in [0, 0.05) is 17.1 Å². The number of nitrogens with one attached hydrogen (secondary N) is 2. The predicted molar refractivity (Wildman–Crippen MR) is 58.0 cm³/mol. The van der Waals surface area contributed by atoms with E-state index in [0.717, 1.165) is 5.39 Å². The van der Waals surface area contributed by atoms with E-state index >= 15 is 0 Å². The van der Waals surface area contributed by atoms with E-state index in [1.807, 2.05) is 0 Å². The number of hydrogen-bond acceptors (Lipinski definition) is 3. The molecule has 0 aliphatic carbocycles. The fraction of sp³-hybridized carbons (Fsp3) is 0. The summed E-state index contributed by atoms with van der Waals surface area (Å²) in [5.74, 6) is -0.133. The highest BCUT2D eigenvalue weighted by molar-refractivity contribution is 5.92. The van der Waals surface area contributed by atoms with Crippen molar-refractivity contribution in [2.45, 2.75) is 0 Å². The summed E-state index contributed by atoms with van der Waals surface area (Å²) < 4.78 is 4.95. The summed E-state index contributed by atoms with van der Waals surface area (Å²) in [6.07, 6.45) is 0. The highest BCUT2D eigenvalue weighted by Crippen LogP contribution is 2.17. The molecule has 0 aliphatic rings. The molecule has 0 atom stereocenters. The Hall–Kier alpha value is -2.30. The molecule has 0 spiro atoms. The van der Waals surface area contributed by atoms with Gasteiger partial charge < -0.3 is 15.5 Å². The maximum atomic E-state index is 10.9. The first-order valence-corrected chi connectivity index (χ1v) is 4.30. The van der Waals surface area contributed by atoms with Gasteiger partial charge in [0.15, 0.2) is 5.96 Å². The van der Waals surface area contributed by atoms with Gasteiger partial charge in [-0.1, -0.05) is 0 Å². The molecule has 0 saturated carbocycles. The molecule has 15 heavy (non-hydrogen) atoms. The maximum absolute atomic E-state index is 10.9. The van der Waals surface area contributed by atoms with E-state index in [1.54, 1.807) is 24.3 Å². The SMILES string of the molecule is N=C(N)Nc1ccc2oc(=O)ccc2c1. The smallest absolute Gasteiger partial charge is 0.336 e. The summed E-state index contributed by atoms with van der Waals surface area (Å²) in [4.78, 5) is 10.9. The van der Waals surface area contributed by atoms with Crippen LogP contribution in [0.25, 0.3) is 11.0 Å². The second kappa shape index (κ2) is 3.45. The number of hydrogen-bond donors (Lipinski definition) is 3. The van der Waals surface area contributed by atoms with Gasteiger partial charge in [0.1, 0.15) is 5.58 Å². The molecule has 2 rings (SSSR count). The van der Waals surface area contributed by atoms with Crippen LogP contribution in [0, 0.1) is 5.41 Å². The van der Waals surface area contributed by atoms with Crippen molar-refractivity contribution in [2.24, 2.45) is 5.73 Å². The third-order valence-corrected chi connectivity index (χ3v) is 1.90. The average molecular weight is 203 g/mol. The van der Waals surface area contributed by atoms with Gasteiger partial charge in [0.25, 0.3) is 0 Å². The van der Waals surface area contributed by atoms with Gasteiger partial charge in [0.2, 0.25) is 0 Å². The van der Waals surface area contributed by atoms with Crippen LogP contribution in [0.4, 0.5) is 5.69 Å². The molecular formula is C10H9N3O2. The van der Waals surface area contributed by atoms with Crippen LogP contribution >= 0.6 is 0 Å². The number of anilines is 1. The lowest BCUT2D eigenvalue weighted by Crippen LogP contribution is -2.20. The largest absolute Gasteiger partial charge is 0.423 e. The second-order valence-corrected chi connectivity index (χ2v) is 3.05. The summed E-state index contributed by atoms with van der Waals surface area (Å²) in [7, 11) is 0. The standard InChI is InChI=1S/C10H9N3O2/c11-10(12)13-7-2-3-8-6(5-7)1-4-9(14)15-8/h1-5H,(H4,11,12,13). The highest BCUT2D eigenvalue weighted by Gasteiger charge is 1.99. The summed E-state index contributed by atoms with van der Waals surface area (Å²) >= 11 is 0. The first-order chi connectivity index (χ1) is 7.15. The fourth-order valence-corrected chi connectivity index (χ4v) is 1.31. The fourth-order valence-electron chi connectivity index (χ4n) is 1.31. The van der Waals surface area contributed by atoms with Crippen molar-refractivity contribution in [3.8, 4) is 0 Å². The molecule has 0 bridgehead atoms. The lowest BCUT2D eigenvalue weighted by molar-refractivity contribution is 0.561. The van der Waals surface area contributed by atoms with E-state index in [0.29, 0.717) is 11.3 Å². The van der Waals surface area contributed by atoms with Gasteiger partial charge in [-0.3, -0.25) is 5.41 Å². The monoisotopic (exact) mass is 203 g/mol. The normalized spacial score (nSPS) is 10.1. The Bertz CT molecular complexity index is 574. The van der Waals surface area contributed by atoms with Crippen LogP contribution in [0.3, 0.4) is 0 Å². The first kappa shape index (κ1) is 9.26. The number of benzene rings is 1. The van der Waals surface area contributed by atoms with Crippen LogP contribution in [-0.4, -0.2) is 5.96 Å². The van der Waals surface area contributed by atoms with Crippen molar-refractivity contribution in [1.29, 1.82) is 5.41 Å². The van der Waals surface area contributed by atoms with Crippen LogP contribution in [0.15, 0.2) is 39.5 Å². The summed E-state index contributed by atoms with van der Waals surface area (Å²) in [5, 5.41) is 10.5. The molecule has 5 nitrogen and oxygen atoms in total. The highest BCUT2D eigenvalue weighted by atomic mass is 16.4. The third-order valence-electron chi connectivity index (χ3n) is 1.90. The zero-order valence-corrected chi connectivity index (χ0v) is 7.78. The zero-order chi connectivity index (χ0) is 10.8. The Morgan fingerprint density at radius 2 is 2.13 bits per heavy atom. The average Bonchev–Trinajstić information content (AvgIpc) is 2.17. The number of rotatable bonds is 1. The van der Waals surface area contributed by atoms with Gasteiger partial charge in [0.05, 0.1) is 0 Å². The van der Waals surface area contributed by atoms with E-state index in [-0.39, 0.29) is 11.6 Å². The van der Waals surface area contributed by atoms with Gasteiger partial charge in [-0.2, -0.15) is 0 Å². The van der Waals surface area contributed by atoms with Gasteiger partial charge >= 0.3 is 5.63 Å². The van der Waals surface area contributed by atoms with E-state index in [2.05, 4.69) is 5.32 Å². The van der Waals surface area contributed by atoms with Crippen molar-refractivity contribution in [1.82, 2.24) is 0 Å². The molecule has 1 aromatic heterocycles. The van der Waals surface area contributed by atoms with Crippen molar-refractivity contribution in [3.63, 3.8) is 0 Å². The Labute approximate surface area is 85.0 Å². The van der Waals surface area contributed by atoms with Crippen LogP contribution < -0.4 is 16.7 Å². The Balaban J connectivity index is 2.52. The topological polar surface area (TPSA) is 92.1 Å². The predicted octanol–water partition coefficient (Wildman–Crippen LogP) is 1.10. The maximum Gasteiger partial charge on any atom is 0.336 e. The molecule has 0 saturated heterocycles. The molecule has 5 heteroatoms. The third kappa shape index (κ3) is 1.96. The van der Waals surface area contributed by atoms with Gasteiger partial charge in [-0.25, -0.2) is 4.79 Å². The van der Waals surface area contributed by atoms with E-state index < -0.39 is 0 Å². The van der Waals surface area contributed by atoms with E-state index in [1.165, 1.54) is 6.07 Å². The van der Waals surface area contributed by atoms with Crippen molar-refractivity contribution in [3.05, 3.63) is 40.8 Å². The van der Waals surface area contributed by atoms with Crippen molar-refractivity contribution < 1.29 is 4.42 Å². The Kier molecular flexibility index (Phi) is 2.13. The van der Waals surface area contributed by atoms with Crippen LogP contribution in [0.1, 0.15) is 0 Å². The molecule has 0 aliphatic heterocycles. The molecule has 4 N–H and O–H groups in total. The van der Waals surface area contributed by atoms with E-state index in [4.69, 9.17) is 15.6 Å². The molecule has 76 valence electrons. The molecule has 1 aromatic carbocycles. The molecule has 0 unspecified atom stereocenters. The van der Waals surface area contributed by atoms with Gasteiger partial charge in [-0.05, 0) is 24.3 Å². The number of guanidine groups is 1. The minimum Gasteiger partial charge on any atom is -0.423 e. The molecular weight excluding hydrogens is 194 g/mol. The number of nitrogens with two attached hydrogens (primary N) is 1. The summed E-state index contributed by atoms with van der Waals surface area (Å²) in [6.45, 7) is 0. The van der Waals surface area contributed by atoms with Gasteiger partial charge in [-0.15, -0.1) is 0 Å². The summed E-state index contributed by atoms with van der Waals surface area (Å²) in [5.41, 5.74) is 6.01. The minimum absolute atomic E-state index is 0.133. The molecule has 0 amide bonds. The van der Waals surface area contributed by atoms with Crippen LogP contribution in [0.2, 0.25) is 0 Å². The first-order valence-electron chi connectivity index (χ1n) is 4.30. The molecule has 1 heterocycles. The lowest BCUT2D eigenvalue weighted by atomic mass is 10.2. The van der Waals surface area contributed by atoms with Crippen molar-refractivity contribution in [2.75, 3.05) is 5.32 Å². The van der Waals surface area contributed by atoms with Crippen LogP contribution in [0.5, 0.6) is 0 Å². The Morgan fingerprint density at radius 1 is 1.33 bits per heavy atom. The molecule has 2 aromatic rings.